The predicted octanol–water partition coefficient (Wildman–Crippen LogP) is 5.39. The van der Waals surface area contributed by atoms with Gasteiger partial charge in [0.05, 0.1) is 13.7 Å². The number of benzene rings is 3. The molecule has 0 aromatic heterocycles. The molecule has 0 unspecified atom stereocenters. The Labute approximate surface area is 223 Å². The van der Waals surface area contributed by atoms with Crippen molar-refractivity contribution < 1.29 is 28.5 Å². The quantitative estimate of drug-likeness (QED) is 0.260. The standard InChI is InChI=1S/C28H25BrN2O6/c1-3-34-26-12-20(11-21(14-30)28(32)31-15-18-4-7-22(33-2)8-5-18)23(29)13-27(26)35-16-19-6-9-24-25(10-19)37-17-36-24/h4-13H,3,15-17H2,1-2H3,(H,31,32)/b21-11-. The molecule has 1 aliphatic heterocycles. The smallest absolute Gasteiger partial charge is 0.262 e. The molecule has 0 bridgehead atoms. The molecule has 0 saturated carbocycles. The minimum absolute atomic E-state index is 0.0364. The van der Waals surface area contributed by atoms with Gasteiger partial charge in [-0.2, -0.15) is 5.26 Å². The zero-order valence-electron chi connectivity index (χ0n) is 20.4. The van der Waals surface area contributed by atoms with Gasteiger partial charge in [-0.3, -0.25) is 4.79 Å². The van der Waals surface area contributed by atoms with Crippen molar-refractivity contribution in [1.29, 1.82) is 5.26 Å². The second kappa shape index (κ2) is 12.2. The fourth-order valence-electron chi connectivity index (χ4n) is 3.56. The number of amides is 1. The number of nitrogens with one attached hydrogen (secondary N) is 1. The first kappa shape index (κ1) is 25.9. The molecule has 8 nitrogen and oxygen atoms in total. The third-order valence-electron chi connectivity index (χ3n) is 5.47. The van der Waals surface area contributed by atoms with Crippen LogP contribution in [0.25, 0.3) is 6.08 Å². The highest BCUT2D eigenvalue weighted by Crippen LogP contribution is 2.37. The first-order valence-corrected chi connectivity index (χ1v) is 12.3. The molecule has 9 heteroatoms. The van der Waals surface area contributed by atoms with Crippen LogP contribution in [0, 0.1) is 11.3 Å². The first-order chi connectivity index (χ1) is 18.0. The van der Waals surface area contributed by atoms with Gasteiger partial charge in [0.25, 0.3) is 5.91 Å². The number of methoxy groups -OCH3 is 1. The van der Waals surface area contributed by atoms with Crippen LogP contribution in [0.1, 0.15) is 23.6 Å². The number of nitrogens with zero attached hydrogens (tertiary/aromatic N) is 1. The van der Waals surface area contributed by atoms with Crippen molar-refractivity contribution in [3.63, 3.8) is 0 Å². The maximum absolute atomic E-state index is 12.7. The molecule has 190 valence electrons. The highest BCUT2D eigenvalue weighted by molar-refractivity contribution is 9.10. The average Bonchev–Trinajstić information content (AvgIpc) is 3.39. The Morgan fingerprint density at radius 1 is 1.05 bits per heavy atom. The van der Waals surface area contributed by atoms with Gasteiger partial charge >= 0.3 is 0 Å². The number of carbonyl (C=O) groups is 1. The van der Waals surface area contributed by atoms with Gasteiger partial charge in [0.2, 0.25) is 6.79 Å². The number of ether oxygens (including phenoxy) is 5. The molecule has 0 fully saturated rings. The lowest BCUT2D eigenvalue weighted by atomic mass is 10.1. The van der Waals surface area contributed by atoms with E-state index in [2.05, 4.69) is 21.2 Å². The van der Waals surface area contributed by atoms with E-state index in [0.717, 1.165) is 16.9 Å². The Bertz CT molecular complexity index is 1350. The zero-order valence-corrected chi connectivity index (χ0v) is 22.0. The fourth-order valence-corrected chi connectivity index (χ4v) is 4.00. The molecule has 0 saturated heterocycles. The second-order valence-electron chi connectivity index (χ2n) is 7.93. The third kappa shape index (κ3) is 6.54. The van der Waals surface area contributed by atoms with Crippen LogP contribution >= 0.6 is 15.9 Å². The average molecular weight is 565 g/mol. The lowest BCUT2D eigenvalue weighted by Crippen LogP contribution is -2.23. The molecule has 0 atom stereocenters. The van der Waals surface area contributed by atoms with Gasteiger partial charge in [0.1, 0.15) is 24.0 Å². The molecule has 1 heterocycles. The molecule has 0 aliphatic carbocycles. The summed E-state index contributed by atoms with van der Waals surface area (Å²) in [7, 11) is 1.59. The SMILES string of the molecule is CCOc1cc(/C=C(/C#N)C(=O)NCc2ccc(OC)cc2)c(Br)cc1OCc1ccc2c(c1)OCO2. The summed E-state index contributed by atoms with van der Waals surface area (Å²) in [6.45, 7) is 3.06. The number of hydrogen-bond acceptors (Lipinski definition) is 7. The van der Waals surface area contributed by atoms with E-state index in [1.54, 1.807) is 19.2 Å². The molecular weight excluding hydrogens is 540 g/mol. The summed E-state index contributed by atoms with van der Waals surface area (Å²) < 4.78 is 28.4. The summed E-state index contributed by atoms with van der Waals surface area (Å²) in [5, 5.41) is 12.4. The number of hydrogen-bond donors (Lipinski definition) is 1. The molecule has 1 amide bonds. The van der Waals surface area contributed by atoms with Crippen molar-refractivity contribution in [2.45, 2.75) is 20.1 Å². The maximum atomic E-state index is 12.7. The van der Waals surface area contributed by atoms with Crippen LogP contribution in [0.3, 0.4) is 0 Å². The van der Waals surface area contributed by atoms with Gasteiger partial charge in [0, 0.05) is 11.0 Å². The van der Waals surface area contributed by atoms with E-state index in [1.807, 2.05) is 55.5 Å². The summed E-state index contributed by atoms with van der Waals surface area (Å²) in [4.78, 5) is 12.7. The molecule has 0 radical (unpaired) electrons. The number of fused-ring (bicyclic) bond motifs is 1. The number of rotatable bonds is 10. The minimum atomic E-state index is -0.480. The summed E-state index contributed by atoms with van der Waals surface area (Å²) in [6, 6.07) is 18.4. The molecule has 3 aromatic carbocycles. The molecule has 37 heavy (non-hydrogen) atoms. The van der Waals surface area contributed by atoms with Crippen molar-refractivity contribution in [2.24, 2.45) is 0 Å². The van der Waals surface area contributed by atoms with Crippen LogP contribution in [0.5, 0.6) is 28.7 Å². The Morgan fingerprint density at radius 2 is 1.78 bits per heavy atom. The third-order valence-corrected chi connectivity index (χ3v) is 6.16. The van der Waals surface area contributed by atoms with Crippen LogP contribution < -0.4 is 29.0 Å². The lowest BCUT2D eigenvalue weighted by Gasteiger charge is -2.14. The second-order valence-corrected chi connectivity index (χ2v) is 8.78. The molecule has 4 rings (SSSR count). The van der Waals surface area contributed by atoms with Crippen molar-refractivity contribution in [3.05, 3.63) is 81.3 Å². The Kier molecular flexibility index (Phi) is 8.54. The molecule has 0 spiro atoms. The number of halogens is 1. The van der Waals surface area contributed by atoms with Crippen LogP contribution in [0.4, 0.5) is 0 Å². The predicted molar refractivity (Wildman–Crippen MR) is 141 cm³/mol. The Balaban J connectivity index is 1.48. The van der Waals surface area contributed by atoms with E-state index in [-0.39, 0.29) is 25.5 Å². The van der Waals surface area contributed by atoms with Gasteiger partial charge in [-0.15, -0.1) is 0 Å². The highest BCUT2D eigenvalue weighted by atomic mass is 79.9. The monoisotopic (exact) mass is 564 g/mol. The van der Waals surface area contributed by atoms with Crippen molar-refractivity contribution >= 4 is 27.9 Å². The molecule has 1 N–H and O–H groups in total. The van der Waals surface area contributed by atoms with E-state index in [4.69, 9.17) is 23.7 Å². The van der Waals surface area contributed by atoms with Crippen molar-refractivity contribution in [3.8, 4) is 34.8 Å². The zero-order chi connectivity index (χ0) is 26.2. The number of carbonyl (C=O) groups excluding carboxylic acids is 1. The fraction of sp³-hybridized carbons (Fsp3) is 0.214. The van der Waals surface area contributed by atoms with Gasteiger partial charge < -0.3 is 29.0 Å². The van der Waals surface area contributed by atoms with Crippen LogP contribution in [-0.2, 0) is 17.9 Å². The van der Waals surface area contributed by atoms with Crippen molar-refractivity contribution in [2.75, 3.05) is 20.5 Å². The van der Waals surface area contributed by atoms with E-state index < -0.39 is 5.91 Å². The molecular formula is C28H25BrN2O6. The van der Waals surface area contributed by atoms with E-state index in [1.165, 1.54) is 6.08 Å². The molecule has 1 aliphatic rings. The lowest BCUT2D eigenvalue weighted by molar-refractivity contribution is -0.117. The number of nitriles is 1. The van der Waals surface area contributed by atoms with Gasteiger partial charge in [0.15, 0.2) is 23.0 Å². The van der Waals surface area contributed by atoms with Crippen molar-refractivity contribution in [1.82, 2.24) is 5.32 Å². The van der Waals surface area contributed by atoms with Gasteiger partial charge in [-0.25, -0.2) is 0 Å². The largest absolute Gasteiger partial charge is 0.497 e. The van der Waals surface area contributed by atoms with Crippen LogP contribution in [0.2, 0.25) is 0 Å². The topological polar surface area (TPSA) is 99.0 Å². The van der Waals surface area contributed by atoms with Crippen LogP contribution in [-0.4, -0.2) is 26.4 Å². The van der Waals surface area contributed by atoms with E-state index in [0.29, 0.717) is 39.6 Å². The van der Waals surface area contributed by atoms with Gasteiger partial charge in [-0.05, 0) is 66.1 Å². The highest BCUT2D eigenvalue weighted by Gasteiger charge is 2.16. The van der Waals surface area contributed by atoms with E-state index >= 15 is 0 Å². The van der Waals surface area contributed by atoms with E-state index in [9.17, 15) is 10.1 Å². The Hall–Kier alpha value is -4.16. The summed E-state index contributed by atoms with van der Waals surface area (Å²) in [5.41, 5.74) is 2.36. The Morgan fingerprint density at radius 3 is 2.51 bits per heavy atom. The summed E-state index contributed by atoms with van der Waals surface area (Å²) in [5.74, 6) is 2.65. The van der Waals surface area contributed by atoms with Gasteiger partial charge in [-0.1, -0.05) is 34.1 Å². The minimum Gasteiger partial charge on any atom is -0.497 e. The van der Waals surface area contributed by atoms with Crippen LogP contribution in [0.15, 0.2) is 64.6 Å². The normalized spacial score (nSPS) is 12.0. The molecule has 3 aromatic rings. The maximum Gasteiger partial charge on any atom is 0.262 e. The summed E-state index contributed by atoms with van der Waals surface area (Å²) >= 11 is 3.53. The summed E-state index contributed by atoms with van der Waals surface area (Å²) in [6.07, 6.45) is 1.51. The first-order valence-electron chi connectivity index (χ1n) is 11.5.